The summed E-state index contributed by atoms with van der Waals surface area (Å²) in [7, 11) is -4.42. The van der Waals surface area contributed by atoms with E-state index in [0.717, 1.165) is 6.54 Å². The molecule has 0 aliphatic carbocycles. The van der Waals surface area contributed by atoms with Crippen LogP contribution in [0.2, 0.25) is 0 Å². The van der Waals surface area contributed by atoms with Crippen molar-refractivity contribution in [1.29, 1.82) is 5.26 Å². The fraction of sp³-hybridized carbons (Fsp3) is 0.400. The lowest BCUT2D eigenvalue weighted by atomic mass is 10.3. The lowest BCUT2D eigenvalue weighted by Gasteiger charge is -2.02. The molecule has 7 heteroatoms. The van der Waals surface area contributed by atoms with E-state index in [1.54, 1.807) is 6.07 Å². The van der Waals surface area contributed by atoms with Gasteiger partial charge in [-0.15, -0.1) is 0 Å². The number of hydrogen-bond acceptors (Lipinski definition) is 5. The van der Waals surface area contributed by atoms with Gasteiger partial charge in [0.15, 0.2) is 12.4 Å². The Morgan fingerprint density at radius 2 is 2.18 bits per heavy atom. The van der Waals surface area contributed by atoms with Crippen LogP contribution in [0.1, 0.15) is 19.4 Å². The first-order chi connectivity index (χ1) is 7.92. The maximum absolute atomic E-state index is 9.45. The summed E-state index contributed by atoms with van der Waals surface area (Å²) in [5.74, 6) is 0. The highest BCUT2D eigenvalue weighted by Gasteiger charge is 1.96. The molecule has 1 heterocycles. The summed E-state index contributed by atoms with van der Waals surface area (Å²) in [5.41, 5.74) is 0.712. The zero-order valence-electron chi connectivity index (χ0n) is 9.66. The second kappa shape index (κ2) is 7.73. The van der Waals surface area contributed by atoms with E-state index >= 15 is 0 Å². The molecule has 0 spiro atoms. The van der Waals surface area contributed by atoms with Gasteiger partial charge in [0.05, 0.1) is 6.61 Å². The highest BCUT2D eigenvalue weighted by atomic mass is 32.3. The van der Waals surface area contributed by atoms with Gasteiger partial charge < -0.3 is 4.55 Å². The number of aromatic nitrogens is 1. The van der Waals surface area contributed by atoms with Crippen LogP contribution in [0.4, 0.5) is 0 Å². The number of hydrogen-bond donors (Lipinski definition) is 0. The van der Waals surface area contributed by atoms with E-state index in [9.17, 15) is 13.0 Å². The summed E-state index contributed by atoms with van der Waals surface area (Å²) in [6.45, 7) is 4.29. The molecule has 0 saturated carbocycles. The lowest BCUT2D eigenvalue weighted by Crippen LogP contribution is -2.31. The Bertz CT molecular complexity index is 479. The van der Waals surface area contributed by atoms with Crippen molar-refractivity contribution < 1.29 is 21.7 Å². The van der Waals surface area contributed by atoms with E-state index < -0.39 is 10.4 Å². The molecule has 0 amide bonds. The van der Waals surface area contributed by atoms with Crippen molar-refractivity contribution in [2.24, 2.45) is 0 Å². The molecule has 0 bridgehead atoms. The maximum atomic E-state index is 9.45. The quantitative estimate of drug-likeness (QED) is 0.443. The third-order valence-electron chi connectivity index (χ3n) is 1.61. The largest absolute Gasteiger partial charge is 0.726 e. The van der Waals surface area contributed by atoms with Crippen molar-refractivity contribution in [2.45, 2.75) is 20.4 Å². The first-order valence-corrected chi connectivity index (χ1v) is 6.25. The molecule has 6 nitrogen and oxygen atoms in total. The van der Waals surface area contributed by atoms with E-state index in [1.165, 1.54) is 6.92 Å². The molecule has 0 unspecified atom stereocenters. The smallest absolute Gasteiger partial charge is 0.217 e. The average Bonchev–Trinajstić information content (AvgIpc) is 2.28. The Kier molecular flexibility index (Phi) is 7.05. The third-order valence-corrected chi connectivity index (χ3v) is 2.14. The van der Waals surface area contributed by atoms with Crippen LogP contribution in [0.15, 0.2) is 24.5 Å². The van der Waals surface area contributed by atoms with Gasteiger partial charge in [0.2, 0.25) is 10.4 Å². The van der Waals surface area contributed by atoms with Crippen LogP contribution >= 0.6 is 0 Å². The van der Waals surface area contributed by atoms with Crippen molar-refractivity contribution in [2.75, 3.05) is 6.61 Å². The molecular formula is C10H14N2O4S. The van der Waals surface area contributed by atoms with Crippen molar-refractivity contribution in [3.05, 3.63) is 30.1 Å². The van der Waals surface area contributed by atoms with Crippen LogP contribution in [0.25, 0.3) is 0 Å². The van der Waals surface area contributed by atoms with Gasteiger partial charge in [-0.1, -0.05) is 0 Å². The zero-order valence-corrected chi connectivity index (χ0v) is 10.5. The van der Waals surface area contributed by atoms with Crippen LogP contribution in [-0.2, 0) is 21.1 Å². The van der Waals surface area contributed by atoms with Crippen molar-refractivity contribution >= 4 is 10.4 Å². The molecule has 0 aliphatic rings. The Morgan fingerprint density at radius 3 is 2.53 bits per heavy atom. The molecule has 17 heavy (non-hydrogen) atoms. The molecule has 94 valence electrons. The van der Waals surface area contributed by atoms with Gasteiger partial charge in [-0.3, -0.25) is 4.18 Å². The second-order valence-electron chi connectivity index (χ2n) is 2.85. The molecule has 0 radical (unpaired) electrons. The summed E-state index contributed by atoms with van der Waals surface area (Å²) >= 11 is 0. The molecule has 1 aromatic rings. The number of pyridine rings is 1. The molecule has 0 fully saturated rings. The van der Waals surface area contributed by atoms with Gasteiger partial charge in [0.1, 0.15) is 18.2 Å². The fourth-order valence-corrected chi connectivity index (χ4v) is 1.22. The van der Waals surface area contributed by atoms with Crippen LogP contribution < -0.4 is 4.57 Å². The zero-order chi connectivity index (χ0) is 13.3. The molecule has 0 aromatic carbocycles. The summed E-state index contributed by atoms with van der Waals surface area (Å²) in [4.78, 5) is 0. The number of rotatable bonds is 3. The van der Waals surface area contributed by atoms with Gasteiger partial charge in [-0.05, 0) is 19.9 Å². The predicted molar refractivity (Wildman–Crippen MR) is 58.3 cm³/mol. The predicted octanol–water partition coefficient (Wildman–Crippen LogP) is 0.349. The van der Waals surface area contributed by atoms with E-state index in [2.05, 4.69) is 10.3 Å². The van der Waals surface area contributed by atoms with Gasteiger partial charge in [-0.25, -0.2) is 13.0 Å². The summed E-state index contributed by atoms with van der Waals surface area (Å²) in [5, 5.41) is 8.49. The van der Waals surface area contributed by atoms with Crippen molar-refractivity contribution in [3.8, 4) is 6.07 Å². The minimum atomic E-state index is -4.42. The SMILES string of the molecule is CCOS(=O)(=O)[O-].CC[n+]1cccc(C#N)c1. The molecule has 1 aromatic heterocycles. The molecule has 0 saturated heterocycles. The van der Waals surface area contributed by atoms with Gasteiger partial charge in [0, 0.05) is 6.07 Å². The number of nitrogens with zero attached hydrogens (tertiary/aromatic N) is 2. The number of nitriles is 1. The topological polar surface area (TPSA) is 94.1 Å². The maximum Gasteiger partial charge on any atom is 0.217 e. The summed E-state index contributed by atoms with van der Waals surface area (Å²) < 4.78 is 34.0. The van der Waals surface area contributed by atoms with Gasteiger partial charge >= 0.3 is 0 Å². The third kappa shape index (κ3) is 8.33. The Balaban J connectivity index is 0.000000325. The fourth-order valence-electron chi connectivity index (χ4n) is 0.929. The minimum absolute atomic E-state index is 0.0914. The van der Waals surface area contributed by atoms with Gasteiger partial charge in [0.25, 0.3) is 0 Å². The Labute approximate surface area is 101 Å². The van der Waals surface area contributed by atoms with Crippen molar-refractivity contribution in [3.63, 3.8) is 0 Å². The first-order valence-electron chi connectivity index (χ1n) is 4.92. The standard InChI is InChI=1S/C8H9N2.C2H6O4S/c1-2-10-5-3-4-8(6-9)7-10;1-2-6-7(3,4)5/h3-5,7H,2H2,1H3;2H2,1H3,(H,3,4,5)/q+1;/p-1. The van der Waals surface area contributed by atoms with E-state index in [-0.39, 0.29) is 6.61 Å². The van der Waals surface area contributed by atoms with Crippen LogP contribution in [0, 0.1) is 11.3 Å². The normalized spacial score (nSPS) is 10.0. The molecule has 0 aliphatic heterocycles. The number of aryl methyl sites for hydroxylation is 1. The van der Waals surface area contributed by atoms with E-state index in [4.69, 9.17) is 5.26 Å². The van der Waals surface area contributed by atoms with Crippen molar-refractivity contribution in [1.82, 2.24) is 0 Å². The Hall–Kier alpha value is -1.49. The summed E-state index contributed by atoms with van der Waals surface area (Å²) in [6.07, 6.45) is 3.78. The highest BCUT2D eigenvalue weighted by Crippen LogP contribution is 1.89. The van der Waals surface area contributed by atoms with Crippen LogP contribution in [0.5, 0.6) is 0 Å². The monoisotopic (exact) mass is 258 g/mol. The Morgan fingerprint density at radius 1 is 1.53 bits per heavy atom. The molecule has 1 rings (SSSR count). The first kappa shape index (κ1) is 15.5. The average molecular weight is 258 g/mol. The second-order valence-corrected chi connectivity index (χ2v) is 3.90. The molecular weight excluding hydrogens is 244 g/mol. The molecule has 0 atom stereocenters. The van der Waals surface area contributed by atoms with Crippen LogP contribution in [-0.4, -0.2) is 19.6 Å². The molecule has 0 N–H and O–H groups in total. The lowest BCUT2D eigenvalue weighted by molar-refractivity contribution is -0.693. The van der Waals surface area contributed by atoms with Gasteiger partial charge in [-0.2, -0.15) is 5.26 Å². The van der Waals surface area contributed by atoms with Crippen LogP contribution in [0.3, 0.4) is 0 Å². The van der Waals surface area contributed by atoms with E-state index in [1.807, 2.05) is 30.0 Å². The van der Waals surface area contributed by atoms with E-state index in [0.29, 0.717) is 5.56 Å². The highest BCUT2D eigenvalue weighted by molar-refractivity contribution is 7.80. The summed E-state index contributed by atoms with van der Waals surface area (Å²) in [6, 6.07) is 5.76. The minimum Gasteiger partial charge on any atom is -0.726 e.